The molecule has 0 unspecified atom stereocenters. The van der Waals surface area contributed by atoms with Gasteiger partial charge in [-0.1, -0.05) is 36.4 Å². The minimum absolute atomic E-state index is 0.255. The van der Waals surface area contributed by atoms with Gasteiger partial charge in [0.2, 0.25) is 0 Å². The van der Waals surface area contributed by atoms with Crippen molar-refractivity contribution in [3.05, 3.63) is 60.7 Å². The fraction of sp³-hybridized carbons (Fsp3) is 0.0625. The summed E-state index contributed by atoms with van der Waals surface area (Å²) in [6.07, 6.45) is -4.70. The number of rotatable bonds is 2. The summed E-state index contributed by atoms with van der Waals surface area (Å²) in [5.41, 5.74) is 1.96. The average Bonchev–Trinajstić information content (AvgIpc) is 2.45. The first-order chi connectivity index (χ1) is 10.0. The van der Waals surface area contributed by atoms with Gasteiger partial charge in [0, 0.05) is 10.9 Å². The second-order valence-corrected chi connectivity index (χ2v) is 4.46. The maximum absolute atomic E-state index is 12.2. The lowest BCUT2D eigenvalue weighted by Crippen LogP contribution is -2.17. The van der Waals surface area contributed by atoms with Crippen molar-refractivity contribution in [3.8, 4) is 17.0 Å². The van der Waals surface area contributed by atoms with Gasteiger partial charge >= 0.3 is 6.36 Å². The summed E-state index contributed by atoms with van der Waals surface area (Å²) < 4.78 is 40.7. The number of halogens is 3. The predicted molar refractivity (Wildman–Crippen MR) is 73.9 cm³/mol. The van der Waals surface area contributed by atoms with E-state index < -0.39 is 6.36 Å². The number of pyridine rings is 1. The average molecular weight is 289 g/mol. The number of hydrogen-bond donors (Lipinski definition) is 0. The van der Waals surface area contributed by atoms with Crippen molar-refractivity contribution in [1.29, 1.82) is 0 Å². The Morgan fingerprint density at radius 2 is 1.67 bits per heavy atom. The second kappa shape index (κ2) is 5.09. The van der Waals surface area contributed by atoms with Crippen molar-refractivity contribution in [2.45, 2.75) is 6.36 Å². The number of fused-ring (bicyclic) bond motifs is 1. The number of ether oxygens (including phenoxy) is 1. The standard InChI is InChI=1S/C16H10F3NO/c17-16(18,19)21-13-6-3-5-12(10-13)15-9-8-11-4-1-2-7-14(11)20-15/h1-10H. The quantitative estimate of drug-likeness (QED) is 0.676. The summed E-state index contributed by atoms with van der Waals surface area (Å²) in [6.45, 7) is 0. The highest BCUT2D eigenvalue weighted by atomic mass is 19.4. The normalized spacial score (nSPS) is 11.6. The van der Waals surface area contributed by atoms with Crippen LogP contribution in [-0.4, -0.2) is 11.3 Å². The van der Waals surface area contributed by atoms with E-state index in [1.54, 1.807) is 12.1 Å². The van der Waals surface area contributed by atoms with E-state index in [0.29, 0.717) is 11.3 Å². The van der Waals surface area contributed by atoms with Crippen molar-refractivity contribution in [3.63, 3.8) is 0 Å². The fourth-order valence-corrected chi connectivity index (χ4v) is 2.08. The SMILES string of the molecule is FC(F)(F)Oc1cccc(-c2ccc3ccccc3n2)c1. The van der Waals surface area contributed by atoms with Gasteiger partial charge in [-0.15, -0.1) is 13.2 Å². The number of hydrogen-bond acceptors (Lipinski definition) is 2. The first-order valence-corrected chi connectivity index (χ1v) is 6.23. The second-order valence-electron chi connectivity index (χ2n) is 4.46. The van der Waals surface area contributed by atoms with Crippen LogP contribution in [-0.2, 0) is 0 Å². The molecule has 21 heavy (non-hydrogen) atoms. The molecule has 0 fully saturated rings. The third-order valence-corrected chi connectivity index (χ3v) is 2.96. The van der Waals surface area contributed by atoms with Crippen molar-refractivity contribution in [2.24, 2.45) is 0 Å². The highest BCUT2D eigenvalue weighted by Crippen LogP contribution is 2.28. The van der Waals surface area contributed by atoms with Crippen LogP contribution >= 0.6 is 0 Å². The molecule has 3 rings (SSSR count). The first-order valence-electron chi connectivity index (χ1n) is 6.23. The minimum Gasteiger partial charge on any atom is -0.406 e. The van der Waals surface area contributed by atoms with Gasteiger partial charge < -0.3 is 4.74 Å². The van der Waals surface area contributed by atoms with Gasteiger partial charge in [0.05, 0.1) is 11.2 Å². The maximum Gasteiger partial charge on any atom is 0.573 e. The van der Waals surface area contributed by atoms with E-state index in [1.165, 1.54) is 18.2 Å². The highest BCUT2D eigenvalue weighted by molar-refractivity contribution is 5.81. The van der Waals surface area contributed by atoms with E-state index in [-0.39, 0.29) is 5.75 Å². The van der Waals surface area contributed by atoms with E-state index in [1.807, 2.05) is 30.3 Å². The smallest absolute Gasteiger partial charge is 0.406 e. The molecular formula is C16H10F3NO. The molecule has 106 valence electrons. The van der Waals surface area contributed by atoms with E-state index in [0.717, 1.165) is 10.9 Å². The Labute approximate surface area is 118 Å². The molecule has 0 N–H and O–H groups in total. The van der Waals surface area contributed by atoms with Crippen molar-refractivity contribution in [2.75, 3.05) is 0 Å². The van der Waals surface area contributed by atoms with Crippen LogP contribution in [0.15, 0.2) is 60.7 Å². The predicted octanol–water partition coefficient (Wildman–Crippen LogP) is 4.80. The molecule has 0 atom stereocenters. The molecule has 0 spiro atoms. The molecule has 0 aliphatic rings. The van der Waals surface area contributed by atoms with Gasteiger partial charge in [0.25, 0.3) is 0 Å². The Balaban J connectivity index is 2.00. The van der Waals surface area contributed by atoms with E-state index in [4.69, 9.17) is 0 Å². The van der Waals surface area contributed by atoms with Gasteiger partial charge in [-0.3, -0.25) is 0 Å². The lowest BCUT2D eigenvalue weighted by atomic mass is 10.1. The maximum atomic E-state index is 12.2. The molecule has 0 aliphatic carbocycles. The van der Waals surface area contributed by atoms with Crippen LogP contribution in [0.3, 0.4) is 0 Å². The van der Waals surface area contributed by atoms with Gasteiger partial charge in [-0.2, -0.15) is 0 Å². The Hall–Kier alpha value is -2.56. The largest absolute Gasteiger partial charge is 0.573 e. The topological polar surface area (TPSA) is 22.1 Å². The van der Waals surface area contributed by atoms with Gasteiger partial charge in [-0.25, -0.2) is 4.98 Å². The van der Waals surface area contributed by atoms with Gasteiger partial charge in [0.15, 0.2) is 0 Å². The zero-order valence-corrected chi connectivity index (χ0v) is 10.8. The summed E-state index contributed by atoms with van der Waals surface area (Å²) in [4.78, 5) is 4.45. The Morgan fingerprint density at radius 3 is 2.48 bits per heavy atom. The minimum atomic E-state index is -4.70. The molecule has 1 aromatic heterocycles. The molecular weight excluding hydrogens is 279 g/mol. The van der Waals surface area contributed by atoms with Crippen molar-refractivity contribution in [1.82, 2.24) is 4.98 Å². The van der Waals surface area contributed by atoms with Crippen LogP contribution in [0, 0.1) is 0 Å². The summed E-state index contributed by atoms with van der Waals surface area (Å²) in [5.74, 6) is -0.255. The lowest BCUT2D eigenvalue weighted by molar-refractivity contribution is -0.274. The summed E-state index contributed by atoms with van der Waals surface area (Å²) in [5, 5.41) is 0.976. The van der Waals surface area contributed by atoms with Crippen LogP contribution < -0.4 is 4.74 Å². The molecule has 0 saturated heterocycles. The van der Waals surface area contributed by atoms with E-state index in [9.17, 15) is 13.2 Å². The molecule has 1 heterocycles. The molecule has 0 radical (unpaired) electrons. The molecule has 0 amide bonds. The third kappa shape index (κ3) is 3.13. The number of nitrogens with zero attached hydrogens (tertiary/aromatic N) is 1. The number of aromatic nitrogens is 1. The van der Waals surface area contributed by atoms with Crippen LogP contribution in [0.25, 0.3) is 22.2 Å². The number of benzene rings is 2. The Morgan fingerprint density at radius 1 is 0.857 bits per heavy atom. The fourth-order valence-electron chi connectivity index (χ4n) is 2.08. The van der Waals surface area contributed by atoms with Crippen LogP contribution in [0.1, 0.15) is 0 Å². The highest BCUT2D eigenvalue weighted by Gasteiger charge is 2.31. The summed E-state index contributed by atoms with van der Waals surface area (Å²) in [7, 11) is 0. The van der Waals surface area contributed by atoms with Crippen molar-refractivity contribution >= 4 is 10.9 Å². The molecule has 2 nitrogen and oxygen atoms in total. The molecule has 5 heteroatoms. The van der Waals surface area contributed by atoms with Crippen LogP contribution in [0.4, 0.5) is 13.2 Å². The Kier molecular flexibility index (Phi) is 3.25. The Bertz CT molecular complexity index is 784. The van der Waals surface area contributed by atoms with Crippen molar-refractivity contribution < 1.29 is 17.9 Å². The molecule has 0 bridgehead atoms. The number of alkyl halides is 3. The van der Waals surface area contributed by atoms with Gasteiger partial charge in [-0.05, 0) is 24.3 Å². The van der Waals surface area contributed by atoms with Crippen LogP contribution in [0.5, 0.6) is 5.75 Å². The van der Waals surface area contributed by atoms with E-state index >= 15 is 0 Å². The summed E-state index contributed by atoms with van der Waals surface area (Å²) >= 11 is 0. The molecule has 3 aromatic rings. The third-order valence-electron chi connectivity index (χ3n) is 2.96. The van der Waals surface area contributed by atoms with Crippen LogP contribution in [0.2, 0.25) is 0 Å². The first kappa shape index (κ1) is 13.4. The zero-order valence-electron chi connectivity index (χ0n) is 10.8. The van der Waals surface area contributed by atoms with Gasteiger partial charge in [0.1, 0.15) is 5.75 Å². The molecule has 2 aromatic carbocycles. The molecule has 0 saturated carbocycles. The lowest BCUT2D eigenvalue weighted by Gasteiger charge is -2.10. The summed E-state index contributed by atoms with van der Waals surface area (Å²) in [6, 6.07) is 17.0. The van der Waals surface area contributed by atoms with E-state index in [2.05, 4.69) is 9.72 Å². The number of para-hydroxylation sites is 1. The zero-order chi connectivity index (χ0) is 14.9. The monoisotopic (exact) mass is 289 g/mol. The molecule has 0 aliphatic heterocycles.